The molecule has 1 saturated heterocycles. The largest absolute Gasteiger partial charge is 0.330 e. The Morgan fingerprint density at radius 2 is 1.89 bits per heavy atom. The molecule has 0 aromatic rings. The lowest BCUT2D eigenvalue weighted by Gasteiger charge is -2.42. The third-order valence-corrected chi connectivity index (χ3v) is 5.12. The Kier molecular flexibility index (Phi) is 5.46. The van der Waals surface area contributed by atoms with Crippen molar-refractivity contribution >= 4 is 0 Å². The maximum Gasteiger partial charge on any atom is 0.0223 e. The van der Waals surface area contributed by atoms with E-state index < -0.39 is 0 Å². The number of likely N-dealkylation sites (tertiary alicyclic amines) is 1. The lowest BCUT2D eigenvalue weighted by Crippen LogP contribution is -2.51. The molecule has 0 aromatic carbocycles. The molecule has 1 heterocycles. The fraction of sp³-hybridized carbons (Fsp3) is 1.00. The van der Waals surface area contributed by atoms with E-state index in [1.807, 2.05) is 0 Å². The molecule has 106 valence electrons. The van der Waals surface area contributed by atoms with Gasteiger partial charge >= 0.3 is 0 Å². The molecule has 3 heteroatoms. The SMILES string of the molecule is CN1CCCC(N(C)C2CCCCCC2CN)C1. The van der Waals surface area contributed by atoms with Gasteiger partial charge in [-0.15, -0.1) is 0 Å². The summed E-state index contributed by atoms with van der Waals surface area (Å²) in [4.78, 5) is 5.16. The maximum absolute atomic E-state index is 6.02. The summed E-state index contributed by atoms with van der Waals surface area (Å²) < 4.78 is 0. The van der Waals surface area contributed by atoms with Gasteiger partial charge in [-0.3, -0.25) is 4.90 Å². The lowest BCUT2D eigenvalue weighted by molar-refractivity contribution is 0.0693. The van der Waals surface area contributed by atoms with Crippen molar-refractivity contribution in [2.24, 2.45) is 11.7 Å². The highest BCUT2D eigenvalue weighted by atomic mass is 15.2. The van der Waals surface area contributed by atoms with E-state index in [0.29, 0.717) is 0 Å². The molecule has 2 aliphatic rings. The highest BCUT2D eigenvalue weighted by Gasteiger charge is 2.31. The van der Waals surface area contributed by atoms with E-state index in [0.717, 1.165) is 24.5 Å². The summed E-state index contributed by atoms with van der Waals surface area (Å²) in [6.07, 6.45) is 9.61. The van der Waals surface area contributed by atoms with Crippen molar-refractivity contribution in [1.82, 2.24) is 9.80 Å². The highest BCUT2D eigenvalue weighted by Crippen LogP contribution is 2.29. The number of nitrogens with zero attached hydrogens (tertiary/aromatic N) is 2. The van der Waals surface area contributed by atoms with Crippen LogP contribution in [-0.4, -0.2) is 55.6 Å². The van der Waals surface area contributed by atoms with Gasteiger partial charge in [-0.05, 0) is 58.8 Å². The molecule has 1 saturated carbocycles. The molecule has 2 N–H and O–H groups in total. The average molecular weight is 253 g/mol. The zero-order chi connectivity index (χ0) is 13.0. The van der Waals surface area contributed by atoms with E-state index in [9.17, 15) is 0 Å². The Hall–Kier alpha value is -0.120. The smallest absolute Gasteiger partial charge is 0.0223 e. The number of piperidine rings is 1. The van der Waals surface area contributed by atoms with Crippen LogP contribution >= 0.6 is 0 Å². The molecule has 0 bridgehead atoms. The summed E-state index contributed by atoms with van der Waals surface area (Å²) in [7, 11) is 4.61. The van der Waals surface area contributed by atoms with Gasteiger partial charge in [0.25, 0.3) is 0 Å². The van der Waals surface area contributed by atoms with Crippen LogP contribution in [0.25, 0.3) is 0 Å². The van der Waals surface area contributed by atoms with E-state index in [2.05, 4.69) is 23.9 Å². The maximum atomic E-state index is 6.02. The number of hydrogen-bond donors (Lipinski definition) is 1. The molecule has 0 spiro atoms. The first-order valence-electron chi connectivity index (χ1n) is 7.83. The number of hydrogen-bond acceptors (Lipinski definition) is 3. The Balaban J connectivity index is 1.97. The Bertz CT molecular complexity index is 244. The fourth-order valence-corrected chi connectivity index (χ4v) is 3.92. The van der Waals surface area contributed by atoms with Gasteiger partial charge in [-0.1, -0.05) is 19.3 Å². The molecule has 1 aliphatic carbocycles. The molecule has 2 fully saturated rings. The van der Waals surface area contributed by atoms with Crippen LogP contribution < -0.4 is 5.73 Å². The molecule has 0 amide bonds. The van der Waals surface area contributed by atoms with Crippen LogP contribution in [0.5, 0.6) is 0 Å². The molecule has 1 aliphatic heterocycles. The first kappa shape index (κ1) is 14.3. The minimum atomic E-state index is 0.727. The normalized spacial score (nSPS) is 35.7. The first-order valence-corrected chi connectivity index (χ1v) is 7.83. The average Bonchev–Trinajstić information content (AvgIpc) is 2.62. The van der Waals surface area contributed by atoms with Gasteiger partial charge in [0.15, 0.2) is 0 Å². The summed E-state index contributed by atoms with van der Waals surface area (Å²) in [5.41, 5.74) is 6.02. The molecule has 3 unspecified atom stereocenters. The monoisotopic (exact) mass is 253 g/mol. The number of rotatable bonds is 3. The molecule has 2 rings (SSSR count). The molecular weight excluding hydrogens is 222 g/mol. The zero-order valence-corrected chi connectivity index (χ0v) is 12.3. The summed E-state index contributed by atoms with van der Waals surface area (Å²) in [5, 5.41) is 0. The molecule has 3 atom stereocenters. The van der Waals surface area contributed by atoms with Crippen LogP contribution in [0.15, 0.2) is 0 Å². The quantitative estimate of drug-likeness (QED) is 0.780. The second kappa shape index (κ2) is 6.88. The number of nitrogens with two attached hydrogens (primary N) is 1. The summed E-state index contributed by atoms with van der Waals surface area (Å²) in [6.45, 7) is 3.39. The van der Waals surface area contributed by atoms with Gasteiger partial charge < -0.3 is 10.6 Å². The van der Waals surface area contributed by atoms with Crippen molar-refractivity contribution in [3.8, 4) is 0 Å². The second-order valence-electron chi connectivity index (χ2n) is 6.42. The van der Waals surface area contributed by atoms with Crippen molar-refractivity contribution in [2.45, 2.75) is 57.0 Å². The van der Waals surface area contributed by atoms with Crippen LogP contribution in [0.4, 0.5) is 0 Å². The Morgan fingerprint density at radius 3 is 2.61 bits per heavy atom. The Labute approximate surface area is 113 Å². The fourth-order valence-electron chi connectivity index (χ4n) is 3.92. The minimum absolute atomic E-state index is 0.727. The van der Waals surface area contributed by atoms with E-state index in [4.69, 9.17) is 5.73 Å². The standard InChI is InChI=1S/C15H31N3/c1-17-10-6-8-14(12-17)18(2)15-9-5-3-4-7-13(15)11-16/h13-15H,3-12,16H2,1-2H3. The van der Waals surface area contributed by atoms with Crippen molar-refractivity contribution in [2.75, 3.05) is 33.7 Å². The van der Waals surface area contributed by atoms with Gasteiger partial charge in [-0.2, -0.15) is 0 Å². The summed E-state index contributed by atoms with van der Waals surface area (Å²) in [6, 6.07) is 1.48. The van der Waals surface area contributed by atoms with E-state index in [-0.39, 0.29) is 0 Å². The van der Waals surface area contributed by atoms with Crippen LogP contribution in [0.2, 0.25) is 0 Å². The van der Waals surface area contributed by atoms with Gasteiger partial charge in [0, 0.05) is 18.6 Å². The third-order valence-electron chi connectivity index (χ3n) is 5.12. The minimum Gasteiger partial charge on any atom is -0.330 e. The third kappa shape index (κ3) is 3.46. The summed E-state index contributed by atoms with van der Waals surface area (Å²) in [5.74, 6) is 0.727. The van der Waals surface area contributed by atoms with Crippen molar-refractivity contribution < 1.29 is 0 Å². The van der Waals surface area contributed by atoms with Gasteiger partial charge in [0.1, 0.15) is 0 Å². The molecule has 18 heavy (non-hydrogen) atoms. The van der Waals surface area contributed by atoms with Crippen LogP contribution in [0, 0.1) is 5.92 Å². The number of likely N-dealkylation sites (N-methyl/N-ethyl adjacent to an activating group) is 2. The van der Waals surface area contributed by atoms with E-state index >= 15 is 0 Å². The molecule has 3 nitrogen and oxygen atoms in total. The van der Waals surface area contributed by atoms with Crippen molar-refractivity contribution in [1.29, 1.82) is 0 Å². The van der Waals surface area contributed by atoms with E-state index in [1.165, 1.54) is 58.0 Å². The second-order valence-corrected chi connectivity index (χ2v) is 6.42. The van der Waals surface area contributed by atoms with Crippen molar-refractivity contribution in [3.63, 3.8) is 0 Å². The molecule has 0 aromatic heterocycles. The van der Waals surface area contributed by atoms with E-state index in [1.54, 1.807) is 0 Å². The van der Waals surface area contributed by atoms with Crippen LogP contribution in [0.1, 0.15) is 44.9 Å². The van der Waals surface area contributed by atoms with Crippen molar-refractivity contribution in [3.05, 3.63) is 0 Å². The molecular formula is C15H31N3. The van der Waals surface area contributed by atoms with Gasteiger partial charge in [0.2, 0.25) is 0 Å². The highest BCUT2D eigenvalue weighted by molar-refractivity contribution is 4.87. The zero-order valence-electron chi connectivity index (χ0n) is 12.3. The topological polar surface area (TPSA) is 32.5 Å². The van der Waals surface area contributed by atoms with Crippen LogP contribution in [-0.2, 0) is 0 Å². The van der Waals surface area contributed by atoms with Gasteiger partial charge in [-0.25, -0.2) is 0 Å². The predicted octanol–water partition coefficient (Wildman–Crippen LogP) is 1.92. The predicted molar refractivity (Wildman–Crippen MR) is 77.7 cm³/mol. The molecule has 0 radical (unpaired) electrons. The first-order chi connectivity index (χ1) is 8.72. The summed E-state index contributed by atoms with van der Waals surface area (Å²) >= 11 is 0. The lowest BCUT2D eigenvalue weighted by atomic mass is 9.91. The Morgan fingerprint density at radius 1 is 1.11 bits per heavy atom. The van der Waals surface area contributed by atoms with Gasteiger partial charge in [0.05, 0.1) is 0 Å². The van der Waals surface area contributed by atoms with Crippen LogP contribution in [0.3, 0.4) is 0 Å².